The van der Waals surface area contributed by atoms with Crippen LogP contribution in [0.5, 0.6) is 0 Å². The first-order valence-corrected chi connectivity index (χ1v) is 10.7. The largest absolute Gasteiger partial charge is 0.306 e. The first-order chi connectivity index (χ1) is 12.6. The Balaban J connectivity index is 1.51. The average molecular weight is 388 g/mol. The standard InChI is InChI=1S/C18H21N5OS2/c1-12-10-14(13(2)23(12)17-19-7-9-25-17)15(24)11-26-18-21-20-16-6-4-3-5-8-22(16)18/h7,9-10H,3-6,8,11H2,1-2H3. The third kappa shape index (κ3) is 3.23. The number of nitrogens with zero attached hydrogens (tertiary/aromatic N) is 5. The van der Waals surface area contributed by atoms with E-state index in [1.54, 1.807) is 17.5 Å². The molecule has 0 aromatic carbocycles. The highest BCUT2D eigenvalue weighted by molar-refractivity contribution is 7.99. The quantitative estimate of drug-likeness (QED) is 0.491. The van der Waals surface area contributed by atoms with E-state index in [2.05, 4.69) is 19.7 Å². The summed E-state index contributed by atoms with van der Waals surface area (Å²) in [4.78, 5) is 17.2. The van der Waals surface area contributed by atoms with E-state index in [1.807, 2.05) is 29.9 Å². The van der Waals surface area contributed by atoms with Gasteiger partial charge in [-0.3, -0.25) is 9.36 Å². The topological polar surface area (TPSA) is 65.6 Å². The van der Waals surface area contributed by atoms with Crippen molar-refractivity contribution in [1.29, 1.82) is 0 Å². The highest BCUT2D eigenvalue weighted by Gasteiger charge is 2.20. The molecule has 0 unspecified atom stereocenters. The van der Waals surface area contributed by atoms with Gasteiger partial charge in [-0.25, -0.2) is 4.98 Å². The number of aromatic nitrogens is 5. The Bertz CT molecular complexity index is 926. The molecule has 0 radical (unpaired) electrons. The molecule has 26 heavy (non-hydrogen) atoms. The number of thioether (sulfide) groups is 1. The molecule has 4 heterocycles. The molecule has 136 valence electrons. The van der Waals surface area contributed by atoms with Crippen molar-refractivity contribution in [3.05, 3.63) is 40.4 Å². The fraction of sp³-hybridized carbons (Fsp3) is 0.444. The average Bonchev–Trinajstić information content (AvgIpc) is 3.30. The predicted octanol–water partition coefficient (Wildman–Crippen LogP) is 3.84. The molecule has 0 aliphatic carbocycles. The minimum absolute atomic E-state index is 0.122. The van der Waals surface area contributed by atoms with Gasteiger partial charge in [0.2, 0.25) is 0 Å². The molecular weight excluding hydrogens is 366 g/mol. The monoisotopic (exact) mass is 387 g/mol. The van der Waals surface area contributed by atoms with Crippen LogP contribution in [0, 0.1) is 13.8 Å². The fourth-order valence-electron chi connectivity index (χ4n) is 3.44. The lowest BCUT2D eigenvalue weighted by Gasteiger charge is -2.07. The molecule has 1 aliphatic rings. The van der Waals surface area contributed by atoms with Crippen LogP contribution in [0.25, 0.3) is 5.13 Å². The van der Waals surface area contributed by atoms with E-state index in [0.29, 0.717) is 5.75 Å². The molecule has 3 aromatic heterocycles. The molecule has 8 heteroatoms. The van der Waals surface area contributed by atoms with Crippen molar-refractivity contribution >= 4 is 28.9 Å². The smallest absolute Gasteiger partial charge is 0.193 e. The SMILES string of the molecule is Cc1cc(C(=O)CSc2nnc3n2CCCCC3)c(C)n1-c1nccs1. The van der Waals surface area contributed by atoms with Crippen molar-refractivity contribution in [3.63, 3.8) is 0 Å². The number of thiazole rings is 1. The van der Waals surface area contributed by atoms with Gasteiger partial charge < -0.3 is 4.57 Å². The maximum Gasteiger partial charge on any atom is 0.193 e. The van der Waals surface area contributed by atoms with Crippen molar-refractivity contribution in [2.24, 2.45) is 0 Å². The molecule has 0 amide bonds. The van der Waals surface area contributed by atoms with Crippen molar-refractivity contribution in [1.82, 2.24) is 24.3 Å². The second kappa shape index (κ2) is 7.36. The molecule has 0 saturated carbocycles. The molecule has 0 saturated heterocycles. The summed E-state index contributed by atoms with van der Waals surface area (Å²) in [5.74, 6) is 1.55. The van der Waals surface area contributed by atoms with Crippen LogP contribution in [0.15, 0.2) is 22.8 Å². The summed E-state index contributed by atoms with van der Waals surface area (Å²) in [5, 5.41) is 12.3. The van der Waals surface area contributed by atoms with Crippen molar-refractivity contribution in [2.75, 3.05) is 5.75 Å². The normalized spacial score (nSPS) is 14.2. The van der Waals surface area contributed by atoms with E-state index in [1.165, 1.54) is 24.6 Å². The van der Waals surface area contributed by atoms with Crippen LogP contribution in [0.4, 0.5) is 0 Å². The van der Waals surface area contributed by atoms with Gasteiger partial charge in [-0.05, 0) is 32.8 Å². The molecule has 0 spiro atoms. The predicted molar refractivity (Wildman–Crippen MR) is 104 cm³/mol. The number of carbonyl (C=O) groups is 1. The maximum atomic E-state index is 12.8. The highest BCUT2D eigenvalue weighted by atomic mass is 32.2. The van der Waals surface area contributed by atoms with E-state index < -0.39 is 0 Å². The number of fused-ring (bicyclic) bond motifs is 1. The van der Waals surface area contributed by atoms with E-state index in [9.17, 15) is 4.79 Å². The van der Waals surface area contributed by atoms with E-state index in [4.69, 9.17) is 0 Å². The molecular formula is C18H21N5OS2. The van der Waals surface area contributed by atoms with Crippen LogP contribution >= 0.6 is 23.1 Å². The maximum absolute atomic E-state index is 12.8. The molecule has 0 fully saturated rings. The number of carbonyl (C=O) groups excluding carboxylic acids is 1. The zero-order valence-corrected chi connectivity index (χ0v) is 16.6. The minimum atomic E-state index is 0.122. The first kappa shape index (κ1) is 17.5. The Morgan fingerprint density at radius 3 is 2.96 bits per heavy atom. The van der Waals surface area contributed by atoms with Gasteiger partial charge in [0, 0.05) is 41.5 Å². The number of rotatable bonds is 5. The van der Waals surface area contributed by atoms with Crippen LogP contribution in [0.3, 0.4) is 0 Å². The summed E-state index contributed by atoms with van der Waals surface area (Å²) in [6.45, 7) is 4.95. The van der Waals surface area contributed by atoms with Crippen LogP contribution in [0.2, 0.25) is 0 Å². The highest BCUT2D eigenvalue weighted by Crippen LogP contribution is 2.26. The van der Waals surface area contributed by atoms with Gasteiger partial charge in [0.05, 0.1) is 5.75 Å². The summed E-state index contributed by atoms with van der Waals surface area (Å²) < 4.78 is 4.23. The molecule has 4 rings (SSSR count). The van der Waals surface area contributed by atoms with Gasteiger partial charge in [0.25, 0.3) is 0 Å². The fourth-order valence-corrected chi connectivity index (χ4v) is 5.06. The van der Waals surface area contributed by atoms with Gasteiger partial charge in [0.15, 0.2) is 16.1 Å². The van der Waals surface area contributed by atoms with Gasteiger partial charge in [-0.2, -0.15) is 0 Å². The van der Waals surface area contributed by atoms with Gasteiger partial charge in [-0.15, -0.1) is 21.5 Å². The second-order valence-corrected chi connectivity index (χ2v) is 8.32. The van der Waals surface area contributed by atoms with Crippen molar-refractivity contribution in [2.45, 2.75) is 51.2 Å². The Morgan fingerprint density at radius 2 is 2.15 bits per heavy atom. The Morgan fingerprint density at radius 1 is 1.27 bits per heavy atom. The summed E-state index contributed by atoms with van der Waals surface area (Å²) in [5.41, 5.74) is 2.74. The van der Waals surface area contributed by atoms with Gasteiger partial charge in [0.1, 0.15) is 5.82 Å². The molecule has 0 atom stereocenters. The zero-order chi connectivity index (χ0) is 18.1. The summed E-state index contributed by atoms with van der Waals surface area (Å²) in [6.07, 6.45) is 6.32. The van der Waals surface area contributed by atoms with Crippen LogP contribution in [0.1, 0.15) is 46.8 Å². The van der Waals surface area contributed by atoms with Crippen LogP contribution < -0.4 is 0 Å². The zero-order valence-electron chi connectivity index (χ0n) is 14.9. The van der Waals surface area contributed by atoms with E-state index >= 15 is 0 Å². The number of Topliss-reactive ketones (excluding diaryl/α,β-unsaturated/α-hetero) is 1. The third-order valence-electron chi connectivity index (χ3n) is 4.75. The Hall–Kier alpha value is -1.93. The van der Waals surface area contributed by atoms with Crippen LogP contribution in [-0.4, -0.2) is 35.9 Å². The van der Waals surface area contributed by atoms with Crippen molar-refractivity contribution < 1.29 is 4.79 Å². The summed E-state index contributed by atoms with van der Waals surface area (Å²) >= 11 is 3.06. The second-order valence-electron chi connectivity index (χ2n) is 6.51. The lowest BCUT2D eigenvalue weighted by molar-refractivity contribution is 0.102. The number of ketones is 1. The third-order valence-corrected chi connectivity index (χ3v) is 6.47. The molecule has 1 aliphatic heterocycles. The molecule has 3 aromatic rings. The Labute approximate surface area is 160 Å². The lowest BCUT2D eigenvalue weighted by atomic mass is 10.2. The molecule has 0 N–H and O–H groups in total. The first-order valence-electron chi connectivity index (χ1n) is 8.82. The van der Waals surface area contributed by atoms with Gasteiger partial charge >= 0.3 is 0 Å². The van der Waals surface area contributed by atoms with Crippen molar-refractivity contribution in [3.8, 4) is 5.13 Å². The number of aryl methyl sites for hydroxylation is 2. The number of hydrogen-bond donors (Lipinski definition) is 0. The summed E-state index contributed by atoms with van der Waals surface area (Å²) in [6, 6.07) is 1.96. The van der Waals surface area contributed by atoms with Crippen LogP contribution in [-0.2, 0) is 13.0 Å². The molecule has 6 nitrogen and oxygen atoms in total. The molecule has 0 bridgehead atoms. The number of hydrogen-bond acceptors (Lipinski definition) is 6. The van der Waals surface area contributed by atoms with E-state index in [0.717, 1.165) is 52.5 Å². The van der Waals surface area contributed by atoms with Gasteiger partial charge in [-0.1, -0.05) is 18.2 Å². The lowest BCUT2D eigenvalue weighted by Crippen LogP contribution is -2.07. The van der Waals surface area contributed by atoms with E-state index in [-0.39, 0.29) is 5.78 Å². The Kier molecular flexibility index (Phi) is 4.95. The minimum Gasteiger partial charge on any atom is -0.306 e. The summed E-state index contributed by atoms with van der Waals surface area (Å²) in [7, 11) is 0.